The molecule has 0 unspecified atom stereocenters. The second kappa shape index (κ2) is 50.7. The number of rotatable bonds is 29. The van der Waals surface area contributed by atoms with Gasteiger partial charge in [0.15, 0.2) is 0 Å². The van der Waals surface area contributed by atoms with Crippen LogP contribution in [0, 0.1) is 5.92 Å². The molecule has 720 valence electrons. The molecule has 5 heterocycles. The Hall–Kier alpha value is -13.6. The van der Waals surface area contributed by atoms with Crippen LogP contribution in [0.25, 0.3) is 21.8 Å². The van der Waals surface area contributed by atoms with Gasteiger partial charge in [0.1, 0.15) is 72.5 Å². The highest BCUT2D eigenvalue weighted by Crippen LogP contribution is 2.26. The lowest BCUT2D eigenvalue weighted by Crippen LogP contribution is -2.62. The van der Waals surface area contributed by atoms with Crippen LogP contribution in [0.4, 0.5) is 4.79 Å². The average Bonchev–Trinajstić information content (AvgIpc) is 1.67. The Kier molecular flexibility index (Phi) is 40.0. The Morgan fingerprint density at radius 1 is 0.496 bits per heavy atom. The van der Waals surface area contributed by atoms with Gasteiger partial charge in [-0.2, -0.15) is 0 Å². The normalized spacial score (nSPS) is 22.8. The number of primary amides is 4. The minimum atomic E-state index is -1.98. The van der Waals surface area contributed by atoms with Gasteiger partial charge < -0.3 is 115 Å². The number of benzene rings is 3. The van der Waals surface area contributed by atoms with E-state index in [1.165, 1.54) is 38.3 Å². The molecule has 13 atom stereocenters. The number of aromatic nitrogens is 3. The SMILES string of the molecule is CC(C)C[C@@H]1NC(=O)[C@H](CC(N)=O)NC(=O)[C@H](Cc2cccnc2)N(C)C(=O)[C@@H](C)NC(=O)CSC[C@@H](C(N)=O)NC(=O)[C@H](CCCC(N)=O)NC(=O)[C@H]([C@@H](C)O)NC(=O)[C@H](Cc2cn(C)c3ccccc23)NC(=O)[C@H](CCCCNC(=O)N2CCN(CC(=O)O)CC2)NC(=O)[C@H](Cc2cn(C)c3ccccc23)NC(=O)[C@H](Cc2ccccc2)N(C)C(=O)[C@H](CCCC(N)=O)NC1=O. The van der Waals surface area contributed by atoms with Crippen LogP contribution in [0.3, 0.4) is 0 Å². The van der Waals surface area contributed by atoms with Gasteiger partial charge in [-0.05, 0) is 112 Å². The number of aliphatic carboxylic acids is 1. The number of fused-ring (bicyclic) bond motifs is 2. The number of nitrogens with zero attached hydrogens (tertiary/aromatic N) is 7. The van der Waals surface area contributed by atoms with Crippen molar-refractivity contribution in [1.82, 2.24) is 92.2 Å². The number of thioether (sulfide) groups is 1. The van der Waals surface area contributed by atoms with Crippen molar-refractivity contribution in [2.45, 2.75) is 203 Å². The molecule has 8 rings (SSSR count). The lowest BCUT2D eigenvalue weighted by atomic mass is 9.99. The molecule has 6 aromatic rings. The first-order valence-electron chi connectivity index (χ1n) is 44.1. The summed E-state index contributed by atoms with van der Waals surface area (Å²) in [4.78, 5) is 267. The van der Waals surface area contributed by atoms with Gasteiger partial charge in [-0.15, -0.1) is 11.8 Å². The first-order chi connectivity index (χ1) is 63.2. The maximum Gasteiger partial charge on any atom is 0.317 e. The van der Waals surface area contributed by atoms with Gasteiger partial charge in [0, 0.05) is 152 Å². The Labute approximate surface area is 773 Å². The zero-order valence-corrected chi connectivity index (χ0v) is 76.7. The molecule has 3 aromatic carbocycles. The van der Waals surface area contributed by atoms with E-state index in [9.17, 15) is 67.7 Å². The van der Waals surface area contributed by atoms with Crippen LogP contribution in [0.2, 0.25) is 0 Å². The number of pyridine rings is 1. The number of carboxylic acid groups (broad SMARTS) is 1. The molecule has 0 saturated carbocycles. The molecular weight excluding hydrogens is 1740 g/mol. The fourth-order valence-electron chi connectivity index (χ4n) is 15.9. The molecule has 18 amide bonds. The number of nitrogens with one attached hydrogen (secondary N) is 11. The van der Waals surface area contributed by atoms with Gasteiger partial charge in [0.25, 0.3) is 0 Å². The zero-order valence-electron chi connectivity index (χ0n) is 75.9. The number of nitrogens with two attached hydrogens (primary N) is 4. The molecule has 133 heavy (non-hydrogen) atoms. The summed E-state index contributed by atoms with van der Waals surface area (Å²) in [5, 5.41) is 51.5. The van der Waals surface area contributed by atoms with Crippen LogP contribution < -0.4 is 81.4 Å². The first-order valence-corrected chi connectivity index (χ1v) is 45.2. The van der Waals surface area contributed by atoms with Crippen LogP contribution in [0.15, 0.2) is 116 Å². The number of carbonyl (C=O) groups is 18. The second-order valence-electron chi connectivity index (χ2n) is 34.0. The van der Waals surface area contributed by atoms with Gasteiger partial charge in [0.05, 0.1) is 24.8 Å². The van der Waals surface area contributed by atoms with E-state index in [4.69, 9.17) is 22.9 Å². The third-order valence-corrected chi connectivity index (χ3v) is 24.1. The molecule has 42 nitrogen and oxygen atoms in total. The third kappa shape index (κ3) is 31.9. The minimum absolute atomic E-state index is 0.0148. The monoisotopic (exact) mass is 1860 g/mol. The number of hydrogen-bond acceptors (Lipinski definition) is 22. The van der Waals surface area contributed by atoms with Crippen LogP contribution in [0.5, 0.6) is 0 Å². The lowest BCUT2D eigenvalue weighted by Gasteiger charge is -2.33. The van der Waals surface area contributed by atoms with E-state index in [2.05, 4.69) is 63.5 Å². The number of piperazine rings is 1. The van der Waals surface area contributed by atoms with E-state index in [0.717, 1.165) is 28.5 Å². The molecule has 0 spiro atoms. The van der Waals surface area contributed by atoms with Gasteiger partial charge in [0.2, 0.25) is 94.5 Å². The van der Waals surface area contributed by atoms with E-state index < -0.39 is 209 Å². The molecule has 0 aliphatic carbocycles. The molecular formula is C90H124N22O20S. The largest absolute Gasteiger partial charge is 0.480 e. The molecule has 43 heteroatoms. The average molecular weight is 1870 g/mol. The predicted molar refractivity (Wildman–Crippen MR) is 490 cm³/mol. The van der Waals surface area contributed by atoms with E-state index in [-0.39, 0.29) is 129 Å². The van der Waals surface area contributed by atoms with Crippen LogP contribution in [0.1, 0.15) is 121 Å². The summed E-state index contributed by atoms with van der Waals surface area (Å²) in [6, 6.07) is 5.30. The number of likely N-dealkylation sites (N-methyl/N-ethyl adjacent to an activating group) is 2. The van der Waals surface area contributed by atoms with E-state index in [0.29, 0.717) is 44.1 Å². The van der Waals surface area contributed by atoms with Crippen molar-refractivity contribution in [2.75, 3.05) is 64.9 Å². The van der Waals surface area contributed by atoms with Crippen LogP contribution >= 0.6 is 11.8 Å². The highest BCUT2D eigenvalue weighted by Gasteiger charge is 2.42. The molecule has 2 aliphatic rings. The number of hydrogen-bond donors (Lipinski definition) is 17. The van der Waals surface area contributed by atoms with Crippen molar-refractivity contribution < 1.29 is 96.5 Å². The summed E-state index contributed by atoms with van der Waals surface area (Å²) in [5.41, 5.74) is 26.0. The Bertz CT molecular complexity index is 5140. The maximum absolute atomic E-state index is 16.0. The number of unbranched alkanes of at least 4 members (excludes halogenated alkanes) is 1. The number of carbonyl (C=O) groups excluding carboxylic acids is 17. The number of amides is 18. The Balaban J connectivity index is 1.25. The molecule has 2 saturated heterocycles. The molecule has 0 radical (unpaired) electrons. The van der Waals surface area contributed by atoms with Crippen molar-refractivity contribution in [3.63, 3.8) is 0 Å². The predicted octanol–water partition coefficient (Wildman–Crippen LogP) is -2.71. The quantitative estimate of drug-likeness (QED) is 0.0212. The maximum atomic E-state index is 16.0. The van der Waals surface area contributed by atoms with Gasteiger partial charge in [-0.1, -0.05) is 86.6 Å². The van der Waals surface area contributed by atoms with E-state index in [1.807, 2.05) is 6.07 Å². The highest BCUT2D eigenvalue weighted by molar-refractivity contribution is 8.00. The lowest BCUT2D eigenvalue weighted by molar-refractivity contribution is -0.143. The van der Waals surface area contributed by atoms with Gasteiger partial charge >= 0.3 is 12.0 Å². The highest BCUT2D eigenvalue weighted by atomic mass is 32.2. The Morgan fingerprint density at radius 3 is 1.50 bits per heavy atom. The fourth-order valence-corrected chi connectivity index (χ4v) is 16.7. The number of aliphatic hydroxyl groups excluding tert-OH is 1. The molecule has 2 aliphatic heterocycles. The molecule has 21 N–H and O–H groups in total. The first kappa shape index (κ1) is 105. The smallest absolute Gasteiger partial charge is 0.317 e. The topological polar surface area (TPSA) is 620 Å². The summed E-state index contributed by atoms with van der Waals surface area (Å²) >= 11 is 0.760. The summed E-state index contributed by atoms with van der Waals surface area (Å²) in [6.07, 6.45) is 0.554. The molecule has 0 bridgehead atoms. The number of para-hydroxylation sites is 2. The summed E-state index contributed by atoms with van der Waals surface area (Å²) in [6.45, 7) is 6.65. The van der Waals surface area contributed by atoms with Gasteiger partial charge in [-0.25, -0.2) is 4.79 Å². The molecule has 2 fully saturated rings. The van der Waals surface area contributed by atoms with Crippen molar-refractivity contribution in [3.8, 4) is 0 Å². The fraction of sp³-hybridized carbons (Fsp3) is 0.500. The Morgan fingerprint density at radius 2 is 0.962 bits per heavy atom. The number of urea groups is 1. The zero-order chi connectivity index (χ0) is 97.4. The summed E-state index contributed by atoms with van der Waals surface area (Å²) < 4.78 is 3.55. The number of carboxylic acids is 1. The van der Waals surface area contributed by atoms with Crippen molar-refractivity contribution in [2.24, 2.45) is 42.9 Å². The number of aryl methyl sites for hydroxylation is 2. The van der Waals surface area contributed by atoms with Crippen LogP contribution in [-0.2, 0) is 121 Å². The minimum Gasteiger partial charge on any atom is -0.480 e. The van der Waals surface area contributed by atoms with Crippen molar-refractivity contribution in [1.29, 1.82) is 0 Å². The second-order valence-corrected chi connectivity index (χ2v) is 35.0. The van der Waals surface area contributed by atoms with E-state index in [1.54, 1.807) is 139 Å². The van der Waals surface area contributed by atoms with Crippen molar-refractivity contribution >= 4 is 140 Å². The standard InChI is InChI=1S/C90H124N22O20S/c1-51(2)39-63-81(123)100-62(28-19-32-73(92)115)89(131)110(8)70(40-54-21-10-9-11-22-54)85(127)103-64(42-56-46-107(5)68-29-14-12-24-58(56)68)82(124)98-60(26-16-17-34-96-90(132)112-37-35-111(36-38-112)48-76(118)119)79(121)102-65(43-57-47-108(6)69-30-15-13-25-59(57)69)84(126)106-77(53(4)113)87(129)99-61(27-18-31-72(91)114)80(122)105-67(78(94)120)49-133-50-75(117)97-52(3)88(130)109(7)71(41-55-23-20-33-95-45-55)86(128)104-66(44-74(93)116)83(125)101-63/h9-15,20-25,29-30,33,45-47,51-53,60-67,70-71,77,113H,16-19,26-28,31-32,34-44,48-50H2,1-8H3,(H2,91,114)(H2,92,115)(H2,93,116)(H2,94,120)(H,96,132)(H,97,117)(H,98,124)(H,99,129)(H,100,123)(H,101,125)(H,102,121)(H,103,127)(H,104,128)(H,105,122)(H,106,126)(H,118,119)/t52-,53-,60+,61+,62+,63+,64+,65+,66+,67+,70+,71+,77+/m1/s1. The summed E-state index contributed by atoms with van der Waals surface area (Å²) in [5.74, 6) is -18.4. The summed E-state index contributed by atoms with van der Waals surface area (Å²) in [7, 11) is 6.00. The third-order valence-electron chi connectivity index (χ3n) is 23.0. The van der Waals surface area contributed by atoms with E-state index >= 15 is 28.8 Å². The molecule has 3 aromatic heterocycles. The van der Waals surface area contributed by atoms with Crippen LogP contribution in [-0.4, -0.2) is 294 Å². The number of aliphatic hydroxyl groups is 1. The van der Waals surface area contributed by atoms with Gasteiger partial charge in [-0.3, -0.25) is 91.4 Å². The van der Waals surface area contributed by atoms with Crippen molar-refractivity contribution in [3.05, 3.63) is 138 Å².